The van der Waals surface area contributed by atoms with Crippen LogP contribution in [0.3, 0.4) is 0 Å². The molecule has 3 nitrogen and oxygen atoms in total. The van der Waals surface area contributed by atoms with Gasteiger partial charge in [0.2, 0.25) is 0 Å². The molecule has 11 rings (SSSR count). The van der Waals surface area contributed by atoms with Gasteiger partial charge in [0, 0.05) is 54.7 Å². The van der Waals surface area contributed by atoms with Gasteiger partial charge in [-0.25, -0.2) is 0 Å². The lowest BCUT2D eigenvalue weighted by Crippen LogP contribution is -2.60. The van der Waals surface area contributed by atoms with Gasteiger partial charge in [0.15, 0.2) is 0 Å². The summed E-state index contributed by atoms with van der Waals surface area (Å²) in [6, 6.07) is 60.2. The van der Waals surface area contributed by atoms with E-state index >= 15 is 0 Å². The molecule has 0 spiro atoms. The van der Waals surface area contributed by atoms with Gasteiger partial charge in [0.1, 0.15) is 0 Å². The molecule has 2 aliphatic rings. The molecule has 6 heteroatoms. The van der Waals surface area contributed by atoms with Crippen molar-refractivity contribution in [3.05, 3.63) is 180 Å². The first kappa shape index (κ1) is 44.4. The van der Waals surface area contributed by atoms with Crippen molar-refractivity contribution >= 4 is 116 Å². The summed E-state index contributed by atoms with van der Waals surface area (Å²) in [4.78, 5) is 7.66. The Hall–Kier alpha value is -6.08. The van der Waals surface area contributed by atoms with Gasteiger partial charge >= 0.3 is 0 Å². The molecule has 0 fully saturated rings. The summed E-state index contributed by atoms with van der Waals surface area (Å²) >= 11 is 3.99. The highest BCUT2D eigenvalue weighted by molar-refractivity contribution is 7.40. The van der Waals surface area contributed by atoms with Crippen molar-refractivity contribution in [3.8, 4) is 0 Å². The number of anilines is 9. The third-order valence-corrected chi connectivity index (χ3v) is 16.8. The van der Waals surface area contributed by atoms with Crippen LogP contribution < -0.4 is 30.4 Å². The zero-order valence-electron chi connectivity index (χ0n) is 41.7. The summed E-state index contributed by atoms with van der Waals surface area (Å²) in [6.07, 6.45) is 0. The normalized spacial score (nSPS) is 13.8. The largest absolute Gasteiger partial charge is 0.311 e. The Bertz CT molecular complexity index is 3330. The number of hydrogen-bond acceptors (Lipinski definition) is 5. The van der Waals surface area contributed by atoms with E-state index in [-0.39, 0.29) is 28.4 Å². The van der Waals surface area contributed by atoms with Crippen LogP contribution in [0.2, 0.25) is 0 Å². The number of fused-ring (bicyclic) bond motifs is 8. The first-order valence-electron chi connectivity index (χ1n) is 24.3. The highest BCUT2D eigenvalue weighted by Gasteiger charge is 2.47. The van der Waals surface area contributed by atoms with Crippen molar-refractivity contribution in [2.75, 3.05) is 14.7 Å². The summed E-state index contributed by atoms with van der Waals surface area (Å²) in [7, 11) is 0. The zero-order valence-corrected chi connectivity index (χ0v) is 43.4. The highest BCUT2D eigenvalue weighted by Crippen LogP contribution is 2.54. The van der Waals surface area contributed by atoms with Crippen molar-refractivity contribution in [1.82, 2.24) is 0 Å². The monoisotopic (exact) mass is 923 g/mol. The Morgan fingerprint density at radius 2 is 0.882 bits per heavy atom. The van der Waals surface area contributed by atoms with Crippen molar-refractivity contribution in [2.45, 2.75) is 105 Å². The van der Waals surface area contributed by atoms with Crippen LogP contribution in [0.15, 0.2) is 158 Å². The van der Waals surface area contributed by atoms with E-state index in [1.807, 2.05) is 22.7 Å². The average Bonchev–Trinajstić information content (AvgIpc) is 3.84. The fraction of sp³-hybridized carbons (Fsp3) is 0.258. The Morgan fingerprint density at radius 3 is 1.41 bits per heavy atom. The molecule has 0 radical (unpaired) electrons. The minimum absolute atomic E-state index is 0.00643. The summed E-state index contributed by atoms with van der Waals surface area (Å²) in [6.45, 7) is 27.9. The van der Waals surface area contributed by atoms with Gasteiger partial charge in [0.25, 0.3) is 6.71 Å². The number of benzene rings is 7. The van der Waals surface area contributed by atoms with Crippen molar-refractivity contribution in [3.63, 3.8) is 0 Å². The van der Waals surface area contributed by atoms with E-state index in [4.69, 9.17) is 0 Å². The van der Waals surface area contributed by atoms with Crippen LogP contribution in [-0.4, -0.2) is 6.71 Å². The van der Waals surface area contributed by atoms with Crippen LogP contribution in [-0.2, 0) is 21.7 Å². The molecule has 68 heavy (non-hydrogen) atoms. The Kier molecular flexibility index (Phi) is 10.3. The third kappa shape index (κ3) is 7.38. The Morgan fingerprint density at radius 1 is 0.412 bits per heavy atom. The minimum atomic E-state index is -0.0395. The summed E-state index contributed by atoms with van der Waals surface area (Å²) in [5, 5.41) is 1.35. The van der Waals surface area contributed by atoms with Crippen LogP contribution in [0.1, 0.15) is 105 Å². The van der Waals surface area contributed by atoms with E-state index < -0.39 is 0 Å². The average molecular weight is 924 g/mol. The second-order valence-corrected chi connectivity index (χ2v) is 25.3. The Balaban J connectivity index is 1.29. The summed E-state index contributed by atoms with van der Waals surface area (Å²) in [5.74, 6) is 0. The molecule has 0 saturated carbocycles. The van der Waals surface area contributed by atoms with Gasteiger partial charge in [-0.3, -0.25) is 0 Å². The lowest BCUT2D eigenvalue weighted by atomic mass is 9.36. The van der Waals surface area contributed by atoms with E-state index in [2.05, 4.69) is 256 Å². The van der Waals surface area contributed by atoms with E-state index in [0.29, 0.717) is 0 Å². The molecule has 2 aliphatic heterocycles. The summed E-state index contributed by atoms with van der Waals surface area (Å²) in [5.41, 5.74) is 18.8. The molecule has 7 aromatic carbocycles. The van der Waals surface area contributed by atoms with Gasteiger partial charge < -0.3 is 14.7 Å². The molecule has 0 aliphatic carbocycles. The zero-order chi connectivity index (χ0) is 47.7. The molecule has 0 bridgehead atoms. The van der Waals surface area contributed by atoms with Gasteiger partial charge in [-0.15, -0.1) is 22.7 Å². The van der Waals surface area contributed by atoms with E-state index in [0.717, 1.165) is 22.7 Å². The molecule has 0 N–H and O–H groups in total. The predicted molar refractivity (Wildman–Crippen MR) is 301 cm³/mol. The first-order chi connectivity index (χ1) is 32.3. The fourth-order valence-corrected chi connectivity index (χ4v) is 13.3. The maximum absolute atomic E-state index is 2.65. The standard InChI is InChI=1S/C62H62BN3S2/c1-59(2,3)39-23-29-45(30-24-39)65-50-34-28-41(61(7,8)9)35-49(50)63-54-51(65)37-47(64(43-19-15-13-16-20-43)44-21-17-14-18-22-44)38-52(54)66(46-31-25-40(26-32-46)60(4,5)6)55-57-56(68-58(55)63)48-33-27-42(62(10,11)12)36-53(48)67-57/h13-38H,1-12H3. The van der Waals surface area contributed by atoms with E-state index in [1.54, 1.807) is 0 Å². The van der Waals surface area contributed by atoms with E-state index in [9.17, 15) is 0 Å². The molecule has 2 aromatic heterocycles. The van der Waals surface area contributed by atoms with Crippen LogP contribution in [0.25, 0.3) is 19.5 Å². The van der Waals surface area contributed by atoms with E-state index in [1.165, 1.54) is 85.9 Å². The minimum Gasteiger partial charge on any atom is -0.311 e. The molecule has 0 saturated heterocycles. The number of thiophene rings is 2. The number of rotatable bonds is 5. The van der Waals surface area contributed by atoms with Crippen molar-refractivity contribution in [2.24, 2.45) is 0 Å². The lowest BCUT2D eigenvalue weighted by Gasteiger charge is -2.44. The molecule has 4 heterocycles. The predicted octanol–water partition coefficient (Wildman–Crippen LogP) is 16.9. The number of hydrogen-bond donors (Lipinski definition) is 0. The van der Waals surface area contributed by atoms with Gasteiger partial charge in [-0.2, -0.15) is 0 Å². The maximum Gasteiger partial charge on any atom is 0.264 e. The fourth-order valence-electron chi connectivity index (χ4n) is 10.4. The van der Waals surface area contributed by atoms with Crippen LogP contribution in [0.5, 0.6) is 0 Å². The molecule has 0 amide bonds. The molecule has 0 atom stereocenters. The molecule has 9 aromatic rings. The lowest BCUT2D eigenvalue weighted by molar-refractivity contribution is 0.590. The van der Waals surface area contributed by atoms with Gasteiger partial charge in [0.05, 0.1) is 20.8 Å². The summed E-state index contributed by atoms with van der Waals surface area (Å²) < 4.78 is 5.51. The quantitative estimate of drug-likeness (QED) is 0.159. The van der Waals surface area contributed by atoms with Crippen molar-refractivity contribution < 1.29 is 0 Å². The van der Waals surface area contributed by atoms with Gasteiger partial charge in [-0.05, 0) is 128 Å². The Labute approximate surface area is 412 Å². The van der Waals surface area contributed by atoms with Crippen LogP contribution in [0.4, 0.5) is 51.2 Å². The molecular weight excluding hydrogens is 862 g/mol. The molecule has 340 valence electrons. The topological polar surface area (TPSA) is 9.72 Å². The SMILES string of the molecule is CC(C)(C)c1ccc(N2c3ccc(C(C)(C)C)cc3B3c4sc5c(sc6cc(C(C)(C)C)ccc65)c4N(c4ccc(C(C)(C)C)cc4)c4cc(N(c5ccccc5)c5ccccc5)cc2c43)cc1. The molecular formula is C62H62BN3S2. The van der Waals surface area contributed by atoms with Gasteiger partial charge in [-0.1, -0.05) is 168 Å². The number of nitrogens with zero attached hydrogens (tertiary/aromatic N) is 3. The van der Waals surface area contributed by atoms with Crippen LogP contribution in [0, 0.1) is 0 Å². The highest BCUT2D eigenvalue weighted by atomic mass is 32.1. The first-order valence-corrected chi connectivity index (χ1v) is 25.9. The smallest absolute Gasteiger partial charge is 0.264 e. The third-order valence-electron chi connectivity index (χ3n) is 14.3. The van der Waals surface area contributed by atoms with Crippen molar-refractivity contribution in [1.29, 1.82) is 0 Å². The number of para-hydroxylation sites is 2. The van der Waals surface area contributed by atoms with Crippen LogP contribution >= 0.6 is 22.7 Å². The second-order valence-electron chi connectivity index (χ2n) is 23.2. The second kappa shape index (κ2) is 15.7. The molecule has 0 unspecified atom stereocenters. The maximum atomic E-state index is 2.65.